The average molecular weight is 538 g/mol. The molecule has 0 N–H and O–H groups in total. The summed E-state index contributed by atoms with van der Waals surface area (Å²) in [7, 11) is 0. The average Bonchev–Trinajstić information content (AvgIpc) is 3.58. The first-order chi connectivity index (χ1) is 20.3. The number of anilines is 2. The summed E-state index contributed by atoms with van der Waals surface area (Å²) in [5.41, 5.74) is 13.3. The van der Waals surface area contributed by atoms with E-state index in [9.17, 15) is 0 Å². The molecular formula is C37H23BN2S. The first-order valence-corrected chi connectivity index (χ1v) is 15.1. The molecule has 6 aromatic carbocycles. The lowest BCUT2D eigenvalue weighted by Crippen LogP contribution is -2.60. The Balaban J connectivity index is 1.47. The molecule has 0 unspecified atom stereocenters. The lowest BCUT2D eigenvalue weighted by Gasteiger charge is -2.42. The van der Waals surface area contributed by atoms with Gasteiger partial charge in [0.05, 0.1) is 11.0 Å². The van der Waals surface area contributed by atoms with Gasteiger partial charge in [0.1, 0.15) is 0 Å². The SMILES string of the molecule is Cc1cc2c3c4c1c1ccccc1n4-c1ccccc1B3N(c1ccccc1)c1ccc3c(sc4ccccc43)c1-2. The fraction of sp³-hybridized carbons (Fsp3) is 0.0270. The minimum Gasteiger partial charge on any atom is -0.376 e. The smallest absolute Gasteiger partial charge is 0.333 e. The van der Waals surface area contributed by atoms with Crippen molar-refractivity contribution in [1.82, 2.24) is 4.57 Å². The van der Waals surface area contributed by atoms with E-state index in [0.29, 0.717) is 0 Å². The van der Waals surface area contributed by atoms with Crippen LogP contribution in [0.1, 0.15) is 5.56 Å². The van der Waals surface area contributed by atoms with E-state index in [4.69, 9.17) is 0 Å². The Kier molecular flexibility index (Phi) is 4.12. The second-order valence-electron chi connectivity index (χ2n) is 11.3. The number of rotatable bonds is 1. The molecule has 41 heavy (non-hydrogen) atoms. The second-order valence-corrected chi connectivity index (χ2v) is 12.4. The molecule has 0 atom stereocenters. The standard InChI is InChI=1S/C37H23BN2S/c1-22-21-27-34-31(20-19-25-24-13-6-10-18-32(24)41-37(25)34)40(23-11-3-2-4-12-23)38-28-15-7-9-17-30(28)39-29-16-8-5-14-26(29)33(22)36(39)35(27)38/h2-21H,1H3. The van der Waals surface area contributed by atoms with E-state index in [-0.39, 0.29) is 6.85 Å². The highest BCUT2D eigenvalue weighted by Gasteiger charge is 2.44. The number of benzene rings is 6. The van der Waals surface area contributed by atoms with Crippen molar-refractivity contribution < 1.29 is 0 Å². The zero-order valence-corrected chi connectivity index (χ0v) is 23.2. The molecule has 190 valence electrons. The molecule has 2 aliphatic rings. The highest BCUT2D eigenvalue weighted by Crippen LogP contribution is 2.50. The van der Waals surface area contributed by atoms with Crippen LogP contribution in [0.2, 0.25) is 0 Å². The molecule has 2 aromatic heterocycles. The van der Waals surface area contributed by atoms with Gasteiger partial charge >= 0.3 is 6.85 Å². The van der Waals surface area contributed by atoms with Gasteiger partial charge in [0.25, 0.3) is 0 Å². The number of para-hydroxylation sites is 3. The molecule has 2 aliphatic heterocycles. The number of hydrogen-bond acceptors (Lipinski definition) is 2. The first-order valence-electron chi connectivity index (χ1n) is 14.2. The number of aromatic nitrogens is 1. The molecule has 0 spiro atoms. The monoisotopic (exact) mass is 538 g/mol. The van der Waals surface area contributed by atoms with Crippen molar-refractivity contribution >= 4 is 82.5 Å². The molecule has 10 rings (SSSR count). The molecule has 0 radical (unpaired) electrons. The van der Waals surface area contributed by atoms with Crippen LogP contribution in [0.25, 0.3) is 58.8 Å². The zero-order valence-electron chi connectivity index (χ0n) is 22.4. The van der Waals surface area contributed by atoms with Crippen LogP contribution < -0.4 is 15.7 Å². The molecule has 2 nitrogen and oxygen atoms in total. The fourth-order valence-corrected chi connectivity index (χ4v) is 8.98. The highest BCUT2D eigenvalue weighted by molar-refractivity contribution is 7.26. The topological polar surface area (TPSA) is 8.17 Å². The van der Waals surface area contributed by atoms with Crippen LogP contribution in [0.15, 0.2) is 121 Å². The van der Waals surface area contributed by atoms with Gasteiger partial charge in [-0.2, -0.15) is 0 Å². The maximum Gasteiger partial charge on any atom is 0.333 e. The van der Waals surface area contributed by atoms with Crippen molar-refractivity contribution in [2.75, 3.05) is 4.81 Å². The molecular weight excluding hydrogens is 515 g/mol. The van der Waals surface area contributed by atoms with Gasteiger partial charge in [-0.05, 0) is 65.4 Å². The van der Waals surface area contributed by atoms with Crippen LogP contribution in [0.3, 0.4) is 0 Å². The number of aryl methyl sites for hydroxylation is 1. The van der Waals surface area contributed by atoms with Crippen molar-refractivity contribution in [2.24, 2.45) is 0 Å². The van der Waals surface area contributed by atoms with Gasteiger partial charge in [0.2, 0.25) is 0 Å². The summed E-state index contributed by atoms with van der Waals surface area (Å²) in [5.74, 6) is 0. The molecule has 0 bridgehead atoms. The summed E-state index contributed by atoms with van der Waals surface area (Å²) in [6.07, 6.45) is 0. The molecule has 0 aliphatic carbocycles. The van der Waals surface area contributed by atoms with Crippen LogP contribution in [-0.4, -0.2) is 11.4 Å². The zero-order chi connectivity index (χ0) is 26.8. The third-order valence-corrected chi connectivity index (χ3v) is 10.5. The number of nitrogens with zero attached hydrogens (tertiary/aromatic N) is 2. The van der Waals surface area contributed by atoms with E-state index in [1.54, 1.807) is 0 Å². The van der Waals surface area contributed by atoms with E-state index in [1.165, 1.54) is 86.7 Å². The third kappa shape index (κ3) is 2.64. The third-order valence-electron chi connectivity index (χ3n) is 9.27. The van der Waals surface area contributed by atoms with E-state index < -0.39 is 0 Å². The Labute approximate surface area is 241 Å². The molecule has 8 aromatic rings. The maximum absolute atomic E-state index is 2.61. The van der Waals surface area contributed by atoms with Gasteiger partial charge in [-0.25, -0.2) is 0 Å². The normalized spacial score (nSPS) is 13.4. The molecule has 0 saturated carbocycles. The number of thiophene rings is 1. The Bertz CT molecular complexity index is 2400. The Morgan fingerprint density at radius 3 is 2.32 bits per heavy atom. The summed E-state index contributed by atoms with van der Waals surface area (Å²) in [5, 5.41) is 5.39. The summed E-state index contributed by atoms with van der Waals surface area (Å²) < 4.78 is 5.26. The minimum absolute atomic E-state index is 0.0721. The summed E-state index contributed by atoms with van der Waals surface area (Å²) in [4.78, 5) is 2.61. The van der Waals surface area contributed by atoms with Gasteiger partial charge in [-0.15, -0.1) is 11.3 Å². The predicted molar refractivity (Wildman–Crippen MR) is 177 cm³/mol. The van der Waals surface area contributed by atoms with E-state index in [2.05, 4.69) is 138 Å². The number of hydrogen-bond donors (Lipinski definition) is 0. The maximum atomic E-state index is 2.61. The lowest BCUT2D eigenvalue weighted by atomic mass is 9.44. The van der Waals surface area contributed by atoms with E-state index >= 15 is 0 Å². The summed E-state index contributed by atoms with van der Waals surface area (Å²) in [6.45, 7) is 2.37. The molecule has 4 heteroatoms. The van der Waals surface area contributed by atoms with Gasteiger partial charge in [0, 0.05) is 53.6 Å². The van der Waals surface area contributed by atoms with Crippen LogP contribution in [0.5, 0.6) is 0 Å². The Morgan fingerprint density at radius 2 is 1.41 bits per heavy atom. The van der Waals surface area contributed by atoms with Crippen molar-refractivity contribution in [2.45, 2.75) is 6.92 Å². The minimum atomic E-state index is 0.0721. The highest BCUT2D eigenvalue weighted by atomic mass is 32.1. The van der Waals surface area contributed by atoms with Gasteiger partial charge in [-0.3, -0.25) is 0 Å². The van der Waals surface area contributed by atoms with Crippen LogP contribution in [-0.2, 0) is 0 Å². The molecule has 0 fully saturated rings. The van der Waals surface area contributed by atoms with Crippen molar-refractivity contribution in [1.29, 1.82) is 0 Å². The van der Waals surface area contributed by atoms with Crippen LogP contribution in [0.4, 0.5) is 11.4 Å². The fourth-order valence-electron chi connectivity index (χ4n) is 7.72. The molecule has 0 saturated heterocycles. The Hall–Kier alpha value is -4.80. The van der Waals surface area contributed by atoms with Crippen molar-refractivity contribution in [3.8, 4) is 16.8 Å². The largest absolute Gasteiger partial charge is 0.376 e. The predicted octanol–water partition coefficient (Wildman–Crippen LogP) is 8.70. The first kappa shape index (κ1) is 22.0. The van der Waals surface area contributed by atoms with Gasteiger partial charge in [-0.1, -0.05) is 84.9 Å². The van der Waals surface area contributed by atoms with Crippen molar-refractivity contribution in [3.05, 3.63) is 127 Å². The van der Waals surface area contributed by atoms with Crippen LogP contribution >= 0.6 is 11.3 Å². The number of fused-ring (bicyclic) bond motifs is 12. The molecule has 0 amide bonds. The van der Waals surface area contributed by atoms with Crippen LogP contribution in [0, 0.1) is 6.92 Å². The lowest BCUT2D eigenvalue weighted by molar-refractivity contribution is 1.18. The van der Waals surface area contributed by atoms with Crippen molar-refractivity contribution in [3.63, 3.8) is 0 Å². The van der Waals surface area contributed by atoms with E-state index in [1.807, 2.05) is 11.3 Å². The Morgan fingerprint density at radius 1 is 0.659 bits per heavy atom. The summed E-state index contributed by atoms with van der Waals surface area (Å²) in [6, 6.07) is 45.0. The summed E-state index contributed by atoms with van der Waals surface area (Å²) >= 11 is 1.93. The van der Waals surface area contributed by atoms with Gasteiger partial charge < -0.3 is 9.38 Å². The molecule has 4 heterocycles. The quantitative estimate of drug-likeness (QED) is 0.190. The second kappa shape index (κ2) is 7.69. The van der Waals surface area contributed by atoms with E-state index in [0.717, 1.165) is 0 Å². The van der Waals surface area contributed by atoms with Gasteiger partial charge in [0.15, 0.2) is 0 Å².